The fraction of sp³-hybridized carbons (Fsp3) is 0.263. The summed E-state index contributed by atoms with van der Waals surface area (Å²) >= 11 is 5.87. The van der Waals surface area contributed by atoms with Crippen molar-refractivity contribution >= 4 is 29.2 Å². The van der Waals surface area contributed by atoms with Crippen molar-refractivity contribution in [3.05, 3.63) is 58.6 Å². The number of hydrogen-bond acceptors (Lipinski definition) is 3. The van der Waals surface area contributed by atoms with E-state index in [9.17, 15) is 14.7 Å². The number of carbonyl (C=O) groups excluding carboxylic acids is 1. The highest BCUT2D eigenvalue weighted by molar-refractivity contribution is 6.31. The van der Waals surface area contributed by atoms with E-state index >= 15 is 0 Å². The van der Waals surface area contributed by atoms with Crippen molar-refractivity contribution in [1.29, 1.82) is 0 Å². The lowest BCUT2D eigenvalue weighted by Crippen LogP contribution is -2.22. The molecule has 2 rings (SSSR count). The number of aromatic carboxylic acids is 1. The normalized spacial score (nSPS) is 11.6. The number of carboxylic acid groups (broad SMARTS) is 1. The molecule has 0 bridgehead atoms. The van der Waals surface area contributed by atoms with Gasteiger partial charge in [-0.25, -0.2) is 4.79 Å². The van der Waals surface area contributed by atoms with Crippen LogP contribution in [0, 0.1) is 0 Å². The van der Waals surface area contributed by atoms with Crippen molar-refractivity contribution in [2.24, 2.45) is 0 Å². The Kier molecular flexibility index (Phi) is 6.42. The summed E-state index contributed by atoms with van der Waals surface area (Å²) in [7, 11) is 0. The van der Waals surface area contributed by atoms with Crippen molar-refractivity contribution in [3.63, 3.8) is 0 Å². The zero-order valence-electron chi connectivity index (χ0n) is 14.1. The molecular formula is C19H20ClNO4. The number of amides is 1. The molecule has 132 valence electrons. The summed E-state index contributed by atoms with van der Waals surface area (Å²) in [5.74, 6) is -0.638. The van der Waals surface area contributed by atoms with Crippen LogP contribution in [0.15, 0.2) is 42.5 Å². The van der Waals surface area contributed by atoms with E-state index in [2.05, 4.69) is 19.2 Å². The Balaban J connectivity index is 2.08. The van der Waals surface area contributed by atoms with Crippen molar-refractivity contribution in [2.75, 3.05) is 11.9 Å². The second-order valence-electron chi connectivity index (χ2n) is 5.68. The predicted octanol–water partition coefficient (Wildman–Crippen LogP) is 4.57. The number of hydrogen-bond donors (Lipinski definition) is 2. The maximum atomic E-state index is 12.2. The highest BCUT2D eigenvalue weighted by Crippen LogP contribution is 2.28. The highest BCUT2D eigenvalue weighted by Gasteiger charge is 2.15. The Morgan fingerprint density at radius 2 is 1.96 bits per heavy atom. The fourth-order valence-electron chi connectivity index (χ4n) is 2.37. The first-order valence-electron chi connectivity index (χ1n) is 7.96. The number of ether oxygens (including phenoxy) is 1. The van der Waals surface area contributed by atoms with Crippen molar-refractivity contribution in [3.8, 4) is 5.75 Å². The number of nitrogens with one attached hydrogen (secondary N) is 1. The van der Waals surface area contributed by atoms with Gasteiger partial charge in [-0.15, -0.1) is 0 Å². The third-order valence-corrected chi connectivity index (χ3v) is 4.14. The van der Waals surface area contributed by atoms with Gasteiger partial charge < -0.3 is 15.2 Å². The molecule has 0 aliphatic carbocycles. The molecule has 0 aromatic heterocycles. The SMILES string of the molecule is CCC(C)c1ccccc1OCC(=O)Nc1cc(Cl)ccc1C(=O)O. The zero-order valence-corrected chi connectivity index (χ0v) is 14.8. The van der Waals surface area contributed by atoms with E-state index in [1.165, 1.54) is 18.2 Å². The number of carboxylic acids is 1. The minimum absolute atomic E-state index is 0.0299. The molecule has 0 heterocycles. The number of rotatable bonds is 7. The second-order valence-corrected chi connectivity index (χ2v) is 6.12. The molecule has 2 N–H and O–H groups in total. The Morgan fingerprint density at radius 1 is 1.24 bits per heavy atom. The van der Waals surface area contributed by atoms with Crippen LogP contribution in [0.1, 0.15) is 42.1 Å². The van der Waals surface area contributed by atoms with Crippen molar-refractivity contribution < 1.29 is 19.4 Å². The Labute approximate surface area is 151 Å². The largest absolute Gasteiger partial charge is 0.483 e. The van der Waals surface area contributed by atoms with Crippen LogP contribution in [0.4, 0.5) is 5.69 Å². The Morgan fingerprint density at radius 3 is 2.64 bits per heavy atom. The number of para-hydroxylation sites is 1. The lowest BCUT2D eigenvalue weighted by Gasteiger charge is -2.16. The van der Waals surface area contributed by atoms with Gasteiger partial charge in [0.2, 0.25) is 0 Å². The van der Waals surface area contributed by atoms with Gasteiger partial charge in [-0.3, -0.25) is 4.79 Å². The first-order valence-corrected chi connectivity index (χ1v) is 8.34. The lowest BCUT2D eigenvalue weighted by atomic mass is 9.98. The van der Waals surface area contributed by atoms with E-state index in [-0.39, 0.29) is 17.9 Å². The van der Waals surface area contributed by atoms with Gasteiger partial charge in [0, 0.05) is 5.02 Å². The van der Waals surface area contributed by atoms with E-state index in [4.69, 9.17) is 16.3 Å². The van der Waals surface area contributed by atoms with E-state index in [0.29, 0.717) is 16.7 Å². The molecule has 0 aliphatic heterocycles. The molecule has 2 aromatic carbocycles. The molecule has 0 radical (unpaired) electrons. The topological polar surface area (TPSA) is 75.6 Å². The first kappa shape index (κ1) is 18.8. The van der Waals surface area contributed by atoms with Gasteiger partial charge in [-0.2, -0.15) is 0 Å². The number of halogens is 1. The van der Waals surface area contributed by atoms with Gasteiger partial charge in [0.25, 0.3) is 5.91 Å². The Hall–Kier alpha value is -2.53. The minimum Gasteiger partial charge on any atom is -0.483 e. The Bertz CT molecular complexity index is 776. The molecule has 6 heteroatoms. The summed E-state index contributed by atoms with van der Waals surface area (Å²) in [6, 6.07) is 11.8. The molecule has 5 nitrogen and oxygen atoms in total. The molecule has 2 aromatic rings. The standard InChI is InChI=1S/C19H20ClNO4/c1-3-12(2)14-6-4-5-7-17(14)25-11-18(22)21-16-10-13(20)8-9-15(16)19(23)24/h4-10,12H,3,11H2,1-2H3,(H,21,22)(H,23,24). The third-order valence-electron chi connectivity index (χ3n) is 3.91. The number of carbonyl (C=O) groups is 2. The molecular weight excluding hydrogens is 342 g/mol. The third kappa shape index (κ3) is 4.97. The smallest absolute Gasteiger partial charge is 0.337 e. The average molecular weight is 362 g/mol. The van der Waals surface area contributed by atoms with Crippen LogP contribution in [-0.2, 0) is 4.79 Å². The molecule has 0 spiro atoms. The summed E-state index contributed by atoms with van der Waals surface area (Å²) in [5.41, 5.74) is 1.15. The summed E-state index contributed by atoms with van der Waals surface area (Å²) in [5, 5.41) is 12.0. The van der Waals surface area contributed by atoms with Gasteiger partial charge in [-0.1, -0.05) is 43.6 Å². The molecule has 1 unspecified atom stereocenters. The van der Waals surface area contributed by atoms with Gasteiger partial charge in [-0.05, 0) is 42.2 Å². The van der Waals surface area contributed by atoms with Crippen molar-refractivity contribution in [1.82, 2.24) is 0 Å². The summed E-state index contributed by atoms with van der Waals surface area (Å²) < 4.78 is 5.63. The zero-order chi connectivity index (χ0) is 18.4. The average Bonchev–Trinajstić information content (AvgIpc) is 2.59. The van der Waals surface area contributed by atoms with E-state index in [1.807, 2.05) is 24.3 Å². The van der Waals surface area contributed by atoms with Gasteiger partial charge >= 0.3 is 5.97 Å². The number of anilines is 1. The summed E-state index contributed by atoms with van der Waals surface area (Å²) in [4.78, 5) is 23.4. The highest BCUT2D eigenvalue weighted by atomic mass is 35.5. The quantitative estimate of drug-likeness (QED) is 0.757. The molecule has 0 aliphatic rings. The van der Waals surface area contributed by atoms with Gasteiger partial charge in [0.05, 0.1) is 11.3 Å². The van der Waals surface area contributed by atoms with Gasteiger partial charge in [0.15, 0.2) is 6.61 Å². The van der Waals surface area contributed by atoms with Crippen molar-refractivity contribution in [2.45, 2.75) is 26.2 Å². The van der Waals surface area contributed by atoms with E-state index < -0.39 is 11.9 Å². The van der Waals surface area contributed by atoms with Crippen LogP contribution in [0.3, 0.4) is 0 Å². The van der Waals surface area contributed by atoms with Crippen LogP contribution < -0.4 is 10.1 Å². The predicted molar refractivity (Wildman–Crippen MR) is 97.7 cm³/mol. The van der Waals surface area contributed by atoms with E-state index in [1.54, 1.807) is 0 Å². The fourth-order valence-corrected chi connectivity index (χ4v) is 2.55. The lowest BCUT2D eigenvalue weighted by molar-refractivity contribution is -0.118. The molecule has 0 saturated carbocycles. The van der Waals surface area contributed by atoms with E-state index in [0.717, 1.165) is 12.0 Å². The molecule has 0 saturated heterocycles. The van der Waals surface area contributed by atoms with Crippen LogP contribution >= 0.6 is 11.6 Å². The second kappa shape index (κ2) is 8.53. The monoisotopic (exact) mass is 361 g/mol. The minimum atomic E-state index is -1.14. The van der Waals surface area contributed by atoms with Crippen LogP contribution in [-0.4, -0.2) is 23.6 Å². The van der Waals surface area contributed by atoms with Crippen LogP contribution in [0.25, 0.3) is 0 Å². The molecule has 1 atom stereocenters. The molecule has 0 fully saturated rings. The van der Waals surface area contributed by atoms with Gasteiger partial charge in [0.1, 0.15) is 5.75 Å². The maximum Gasteiger partial charge on any atom is 0.337 e. The summed E-state index contributed by atoms with van der Waals surface area (Å²) in [6.07, 6.45) is 0.955. The first-order chi connectivity index (χ1) is 11.9. The van der Waals surface area contributed by atoms with Crippen LogP contribution in [0.2, 0.25) is 5.02 Å². The summed E-state index contributed by atoms with van der Waals surface area (Å²) in [6.45, 7) is 3.95. The van der Waals surface area contributed by atoms with Crippen LogP contribution in [0.5, 0.6) is 5.75 Å². The maximum absolute atomic E-state index is 12.2. The molecule has 1 amide bonds. The molecule has 25 heavy (non-hydrogen) atoms. The number of benzene rings is 2.